The Labute approximate surface area is 107 Å². The minimum atomic E-state index is -0.0819. The van der Waals surface area contributed by atoms with E-state index in [0.717, 1.165) is 18.0 Å². The second kappa shape index (κ2) is 8.49. The molecule has 0 aliphatic rings. The van der Waals surface area contributed by atoms with Gasteiger partial charge in [-0.25, -0.2) is 0 Å². The van der Waals surface area contributed by atoms with Crippen molar-refractivity contribution >= 4 is 11.6 Å². The summed E-state index contributed by atoms with van der Waals surface area (Å²) in [5.74, 6) is 0.683. The van der Waals surface area contributed by atoms with Crippen LogP contribution in [0.15, 0.2) is 24.3 Å². The van der Waals surface area contributed by atoms with Crippen molar-refractivity contribution in [2.45, 2.75) is 6.92 Å². The maximum atomic E-state index is 10.8. The molecule has 100 valence electrons. The average molecular weight is 252 g/mol. The predicted molar refractivity (Wildman–Crippen MR) is 71.0 cm³/mol. The zero-order valence-corrected chi connectivity index (χ0v) is 10.9. The van der Waals surface area contributed by atoms with Crippen LogP contribution in [0.25, 0.3) is 0 Å². The van der Waals surface area contributed by atoms with Gasteiger partial charge < -0.3 is 20.1 Å². The highest BCUT2D eigenvalue weighted by Gasteiger charge is 1.97. The summed E-state index contributed by atoms with van der Waals surface area (Å²) in [5.41, 5.74) is 0.764. The normalized spacial score (nSPS) is 10.1. The number of nitrogens with one attached hydrogen (secondary N) is 2. The Bertz CT molecular complexity index is 352. The summed E-state index contributed by atoms with van der Waals surface area (Å²) >= 11 is 0. The van der Waals surface area contributed by atoms with Crippen molar-refractivity contribution in [3.63, 3.8) is 0 Å². The van der Waals surface area contributed by atoms with Gasteiger partial charge in [-0.15, -0.1) is 0 Å². The Morgan fingerprint density at radius 1 is 1.17 bits per heavy atom. The summed E-state index contributed by atoms with van der Waals surface area (Å²) in [5, 5.41) is 5.69. The van der Waals surface area contributed by atoms with Crippen molar-refractivity contribution in [3.05, 3.63) is 24.3 Å². The molecular formula is C13H20N2O3. The number of amides is 1. The summed E-state index contributed by atoms with van der Waals surface area (Å²) in [4.78, 5) is 10.8. The number of ether oxygens (including phenoxy) is 2. The van der Waals surface area contributed by atoms with Gasteiger partial charge in [-0.2, -0.15) is 0 Å². The fraction of sp³-hybridized carbons (Fsp3) is 0.462. The lowest BCUT2D eigenvalue weighted by atomic mass is 10.3. The van der Waals surface area contributed by atoms with Gasteiger partial charge in [0, 0.05) is 19.2 Å². The molecule has 0 bridgehead atoms. The molecule has 0 saturated carbocycles. The Morgan fingerprint density at radius 2 is 1.89 bits per heavy atom. The van der Waals surface area contributed by atoms with Crippen LogP contribution in [-0.2, 0) is 9.53 Å². The lowest BCUT2D eigenvalue weighted by Crippen LogP contribution is -2.16. The van der Waals surface area contributed by atoms with Crippen LogP contribution in [0.5, 0.6) is 5.75 Å². The molecule has 1 aromatic carbocycles. The lowest BCUT2D eigenvalue weighted by molar-refractivity contribution is -0.114. The van der Waals surface area contributed by atoms with Gasteiger partial charge in [0.2, 0.25) is 5.91 Å². The van der Waals surface area contributed by atoms with Crippen LogP contribution in [0.4, 0.5) is 5.69 Å². The molecule has 18 heavy (non-hydrogen) atoms. The largest absolute Gasteiger partial charge is 0.491 e. The Kier molecular flexibility index (Phi) is 6.83. The molecular weight excluding hydrogens is 232 g/mol. The first-order valence-electron chi connectivity index (χ1n) is 5.95. The second-order valence-corrected chi connectivity index (χ2v) is 3.77. The summed E-state index contributed by atoms with van der Waals surface area (Å²) in [6.45, 7) is 4.08. The van der Waals surface area contributed by atoms with Crippen molar-refractivity contribution in [1.29, 1.82) is 0 Å². The lowest BCUT2D eigenvalue weighted by Gasteiger charge is -2.08. The van der Waals surface area contributed by atoms with Crippen LogP contribution >= 0.6 is 0 Å². The zero-order chi connectivity index (χ0) is 13.2. The molecule has 0 heterocycles. The molecule has 0 unspecified atom stereocenters. The number of rotatable bonds is 8. The van der Waals surface area contributed by atoms with Gasteiger partial charge in [-0.1, -0.05) is 0 Å². The minimum Gasteiger partial charge on any atom is -0.491 e. The van der Waals surface area contributed by atoms with E-state index >= 15 is 0 Å². The molecule has 5 heteroatoms. The summed E-state index contributed by atoms with van der Waals surface area (Å²) in [7, 11) is 1.89. The molecule has 1 amide bonds. The van der Waals surface area contributed by atoms with E-state index in [0.29, 0.717) is 19.8 Å². The highest BCUT2D eigenvalue weighted by Crippen LogP contribution is 2.15. The summed E-state index contributed by atoms with van der Waals surface area (Å²) < 4.78 is 10.8. The number of benzene rings is 1. The molecule has 0 radical (unpaired) electrons. The fourth-order valence-corrected chi connectivity index (χ4v) is 1.33. The highest BCUT2D eigenvalue weighted by atomic mass is 16.5. The molecule has 1 rings (SSSR count). The molecule has 0 atom stereocenters. The standard InChI is InChI=1S/C13H20N2O3/c1-11(16)15-12-3-5-13(6-4-12)18-10-9-17-8-7-14-2/h3-6,14H,7-10H2,1-2H3,(H,15,16). The van der Waals surface area contributed by atoms with Gasteiger partial charge in [0.05, 0.1) is 13.2 Å². The van der Waals surface area contributed by atoms with E-state index in [4.69, 9.17) is 9.47 Å². The number of carbonyl (C=O) groups is 1. The van der Waals surface area contributed by atoms with E-state index in [-0.39, 0.29) is 5.91 Å². The molecule has 0 aliphatic carbocycles. The van der Waals surface area contributed by atoms with Gasteiger partial charge >= 0.3 is 0 Å². The fourth-order valence-electron chi connectivity index (χ4n) is 1.33. The number of anilines is 1. The van der Waals surface area contributed by atoms with Crippen LogP contribution in [0.2, 0.25) is 0 Å². The van der Waals surface area contributed by atoms with E-state index in [2.05, 4.69) is 10.6 Å². The topological polar surface area (TPSA) is 59.6 Å². The van der Waals surface area contributed by atoms with E-state index in [9.17, 15) is 4.79 Å². The molecule has 5 nitrogen and oxygen atoms in total. The van der Waals surface area contributed by atoms with Crippen molar-refractivity contribution < 1.29 is 14.3 Å². The van der Waals surface area contributed by atoms with Gasteiger partial charge in [-0.3, -0.25) is 4.79 Å². The molecule has 0 aromatic heterocycles. The third-order valence-corrected chi connectivity index (χ3v) is 2.17. The predicted octanol–water partition coefficient (Wildman–Crippen LogP) is 1.26. The van der Waals surface area contributed by atoms with E-state index in [1.54, 1.807) is 12.1 Å². The number of carbonyl (C=O) groups excluding carboxylic acids is 1. The first-order chi connectivity index (χ1) is 8.72. The molecule has 0 spiro atoms. The zero-order valence-electron chi connectivity index (χ0n) is 10.9. The van der Waals surface area contributed by atoms with E-state index in [1.807, 2.05) is 19.2 Å². The van der Waals surface area contributed by atoms with Crippen LogP contribution < -0.4 is 15.4 Å². The van der Waals surface area contributed by atoms with E-state index in [1.165, 1.54) is 6.92 Å². The highest BCUT2D eigenvalue weighted by molar-refractivity contribution is 5.88. The Hall–Kier alpha value is -1.59. The maximum Gasteiger partial charge on any atom is 0.221 e. The van der Waals surface area contributed by atoms with Gasteiger partial charge in [-0.05, 0) is 31.3 Å². The smallest absolute Gasteiger partial charge is 0.221 e. The third-order valence-electron chi connectivity index (χ3n) is 2.17. The second-order valence-electron chi connectivity index (χ2n) is 3.77. The first kappa shape index (κ1) is 14.5. The molecule has 2 N–H and O–H groups in total. The van der Waals surface area contributed by atoms with Crippen LogP contribution in [0.1, 0.15) is 6.92 Å². The van der Waals surface area contributed by atoms with Gasteiger partial charge in [0.25, 0.3) is 0 Å². The summed E-state index contributed by atoms with van der Waals surface area (Å²) in [6, 6.07) is 7.24. The summed E-state index contributed by atoms with van der Waals surface area (Å²) in [6.07, 6.45) is 0. The van der Waals surface area contributed by atoms with Crippen molar-refractivity contribution in [2.24, 2.45) is 0 Å². The Balaban J connectivity index is 2.20. The van der Waals surface area contributed by atoms with Crippen molar-refractivity contribution in [1.82, 2.24) is 5.32 Å². The van der Waals surface area contributed by atoms with E-state index < -0.39 is 0 Å². The monoisotopic (exact) mass is 252 g/mol. The maximum absolute atomic E-state index is 10.8. The molecule has 0 aliphatic heterocycles. The number of hydrogen-bond donors (Lipinski definition) is 2. The van der Waals surface area contributed by atoms with Crippen LogP contribution in [0, 0.1) is 0 Å². The van der Waals surface area contributed by atoms with Crippen LogP contribution in [-0.4, -0.2) is 39.3 Å². The SMILES string of the molecule is CNCCOCCOc1ccc(NC(C)=O)cc1. The first-order valence-corrected chi connectivity index (χ1v) is 5.95. The van der Waals surface area contributed by atoms with Gasteiger partial charge in [0.1, 0.15) is 12.4 Å². The number of hydrogen-bond acceptors (Lipinski definition) is 4. The quantitative estimate of drug-likeness (QED) is 0.684. The van der Waals surface area contributed by atoms with Crippen molar-refractivity contribution in [2.75, 3.05) is 38.7 Å². The van der Waals surface area contributed by atoms with Gasteiger partial charge in [0.15, 0.2) is 0 Å². The molecule has 0 fully saturated rings. The average Bonchev–Trinajstić information content (AvgIpc) is 2.35. The van der Waals surface area contributed by atoms with Crippen molar-refractivity contribution in [3.8, 4) is 5.75 Å². The molecule has 1 aromatic rings. The minimum absolute atomic E-state index is 0.0819. The molecule has 0 saturated heterocycles. The van der Waals surface area contributed by atoms with Crippen LogP contribution in [0.3, 0.4) is 0 Å². The number of likely N-dealkylation sites (N-methyl/N-ethyl adjacent to an activating group) is 1. The third kappa shape index (κ3) is 6.22. The Morgan fingerprint density at radius 3 is 2.50 bits per heavy atom.